The van der Waals surface area contributed by atoms with E-state index in [1.807, 2.05) is 0 Å². The summed E-state index contributed by atoms with van der Waals surface area (Å²) in [7, 11) is 0. The first-order valence-electron chi connectivity index (χ1n) is 6.63. The zero-order valence-electron chi connectivity index (χ0n) is 13.2. The number of hydrogen-bond acceptors (Lipinski definition) is 0. The molecular weight excluding hydrogens is 634 g/mol. The molecule has 0 aromatic heterocycles. The summed E-state index contributed by atoms with van der Waals surface area (Å²) in [6.45, 7) is 0. The average Bonchev–Trinajstić information content (AvgIpc) is 2.49. The van der Waals surface area contributed by atoms with Crippen LogP contribution in [0.2, 0.25) is 0 Å². The van der Waals surface area contributed by atoms with Gasteiger partial charge in [-0.2, -0.15) is 70.2 Å². The smallest absolute Gasteiger partial charge is 0.200 e. The van der Waals surface area contributed by atoms with Crippen molar-refractivity contribution in [2.45, 2.75) is 52.7 Å². The van der Waals surface area contributed by atoms with Crippen LogP contribution < -0.4 is 0 Å². The van der Waals surface area contributed by atoms with Crippen molar-refractivity contribution >= 4 is 45.8 Å². The number of alkyl halides is 19. The first-order valence-corrected chi connectivity index (χ1v) is 8.91. The lowest BCUT2D eigenvalue weighted by atomic mass is 9.86. The van der Waals surface area contributed by atoms with E-state index >= 15 is 0 Å². The second kappa shape index (κ2) is 8.20. The van der Waals surface area contributed by atoms with Crippen molar-refractivity contribution in [3.8, 4) is 0 Å². The molecule has 19 heteroatoms. The molecule has 0 fully saturated rings. The van der Waals surface area contributed by atoms with Crippen LogP contribution >= 0.6 is 45.8 Å². The van der Waals surface area contributed by atoms with Crippen molar-refractivity contribution in [2.75, 3.05) is 4.43 Å². The summed E-state index contributed by atoms with van der Waals surface area (Å²) in [4.78, 5) is 0. The van der Waals surface area contributed by atoms with E-state index in [0.717, 1.165) is 0 Å². The second-order valence-electron chi connectivity index (χ2n) is 5.68. The third kappa shape index (κ3) is 4.62. The van der Waals surface area contributed by atoms with E-state index in [0.29, 0.717) is 22.6 Å². The Kier molecular flexibility index (Phi) is 8.25. The van der Waals surface area contributed by atoms with Crippen molar-refractivity contribution in [2.24, 2.45) is 5.92 Å². The Hall–Kier alpha value is 0.190. The first kappa shape index (κ1) is 30.2. The highest BCUT2D eigenvalue weighted by molar-refractivity contribution is 14.1. The molecule has 0 saturated carbocycles. The van der Waals surface area contributed by atoms with Crippen LogP contribution in [0.5, 0.6) is 0 Å². The van der Waals surface area contributed by atoms with Crippen LogP contribution in [0.3, 0.4) is 0 Å². The standard InChI is InChI=1S/C11H5Cl2F16I/c12-10(26,27)8(22,23)6(18,19)4(14,15)1-3(2-30)5(16,17)7(20,21)9(24,25)11(13,28)29/h3H,1-2H2. The van der Waals surface area contributed by atoms with Crippen LogP contribution in [0, 0.1) is 5.92 Å². The minimum Gasteiger partial charge on any atom is -0.200 e. The molecule has 0 amide bonds. The average molecular weight is 639 g/mol. The van der Waals surface area contributed by atoms with E-state index in [1.165, 1.54) is 0 Å². The monoisotopic (exact) mass is 638 g/mol. The summed E-state index contributed by atoms with van der Waals surface area (Å²) >= 11 is 7.66. The summed E-state index contributed by atoms with van der Waals surface area (Å²) < 4.78 is 208. The van der Waals surface area contributed by atoms with Crippen LogP contribution in [0.4, 0.5) is 70.2 Å². The van der Waals surface area contributed by atoms with Gasteiger partial charge in [-0.1, -0.05) is 22.6 Å². The molecule has 0 heterocycles. The molecule has 0 aliphatic heterocycles. The molecule has 0 saturated heterocycles. The fourth-order valence-electron chi connectivity index (χ4n) is 1.77. The largest absolute Gasteiger partial charge is 0.392 e. The molecule has 0 bridgehead atoms. The molecule has 0 aromatic rings. The fourth-order valence-corrected chi connectivity index (χ4v) is 2.87. The predicted octanol–water partition coefficient (Wildman–Crippen LogP) is 7.90. The Morgan fingerprint density at radius 2 is 0.833 bits per heavy atom. The normalized spacial score (nSPS) is 17.3. The molecule has 0 nitrogen and oxygen atoms in total. The fraction of sp³-hybridized carbons (Fsp3) is 1.00. The first-order chi connectivity index (χ1) is 12.7. The molecule has 30 heavy (non-hydrogen) atoms. The lowest BCUT2D eigenvalue weighted by Crippen LogP contribution is -2.65. The van der Waals surface area contributed by atoms with Crippen LogP contribution in [0.1, 0.15) is 6.42 Å². The van der Waals surface area contributed by atoms with Gasteiger partial charge in [-0.15, -0.1) is 0 Å². The summed E-state index contributed by atoms with van der Waals surface area (Å²) in [6.07, 6.45) is -3.54. The van der Waals surface area contributed by atoms with Crippen LogP contribution in [0.25, 0.3) is 0 Å². The van der Waals surface area contributed by atoms with Crippen molar-refractivity contribution in [1.82, 2.24) is 0 Å². The third-order valence-electron chi connectivity index (χ3n) is 3.58. The van der Waals surface area contributed by atoms with E-state index in [1.54, 1.807) is 0 Å². The molecule has 0 aliphatic rings. The third-order valence-corrected chi connectivity index (χ3v) is 5.12. The van der Waals surface area contributed by atoms with Crippen molar-refractivity contribution < 1.29 is 70.2 Å². The Morgan fingerprint density at radius 3 is 1.10 bits per heavy atom. The minimum absolute atomic E-state index is 0.450. The van der Waals surface area contributed by atoms with Gasteiger partial charge in [-0.25, -0.2) is 0 Å². The van der Waals surface area contributed by atoms with Gasteiger partial charge in [0.25, 0.3) is 0 Å². The molecule has 0 aliphatic carbocycles. The maximum atomic E-state index is 13.8. The topological polar surface area (TPSA) is 0 Å². The minimum atomic E-state index is -7.29. The molecule has 1 unspecified atom stereocenters. The van der Waals surface area contributed by atoms with Crippen LogP contribution in [-0.4, -0.2) is 50.7 Å². The van der Waals surface area contributed by atoms with Gasteiger partial charge in [0.05, 0.1) is 0 Å². The Balaban J connectivity index is 6.31. The SMILES string of the molecule is FC(F)(Cl)C(F)(F)C(F)(F)C(F)(F)CC(CI)C(F)(F)C(F)(F)C(F)(F)C(F)(F)Cl. The predicted molar refractivity (Wildman–Crippen MR) is 78.3 cm³/mol. The van der Waals surface area contributed by atoms with Crippen molar-refractivity contribution in [3.63, 3.8) is 0 Å². The number of hydrogen-bond donors (Lipinski definition) is 0. The van der Waals surface area contributed by atoms with E-state index in [9.17, 15) is 70.2 Å². The Morgan fingerprint density at radius 1 is 0.533 bits per heavy atom. The molecule has 0 spiro atoms. The lowest BCUT2D eigenvalue weighted by molar-refractivity contribution is -0.372. The number of halogens is 19. The maximum Gasteiger partial charge on any atom is 0.392 e. The van der Waals surface area contributed by atoms with Gasteiger partial charge in [-0.05, 0) is 23.2 Å². The summed E-state index contributed by atoms with van der Waals surface area (Å²) in [6, 6.07) is 0. The molecular formula is C11H5Cl2F16I. The van der Waals surface area contributed by atoms with Gasteiger partial charge in [-0.3, -0.25) is 0 Å². The highest BCUT2D eigenvalue weighted by Gasteiger charge is 2.84. The van der Waals surface area contributed by atoms with Gasteiger partial charge in [0, 0.05) is 16.8 Å². The number of rotatable bonds is 10. The lowest BCUT2D eigenvalue weighted by Gasteiger charge is -2.40. The molecule has 0 aromatic carbocycles. The van der Waals surface area contributed by atoms with Crippen LogP contribution in [-0.2, 0) is 0 Å². The summed E-state index contributed by atoms with van der Waals surface area (Å²) in [5.41, 5.74) is 0. The van der Waals surface area contributed by atoms with Crippen molar-refractivity contribution in [3.05, 3.63) is 0 Å². The van der Waals surface area contributed by atoms with Crippen LogP contribution in [0.15, 0.2) is 0 Å². The molecule has 0 rings (SSSR count). The van der Waals surface area contributed by atoms with Crippen molar-refractivity contribution in [1.29, 1.82) is 0 Å². The molecule has 182 valence electrons. The highest BCUT2D eigenvalue weighted by atomic mass is 127. The Bertz CT molecular complexity index is 607. The quantitative estimate of drug-likeness (QED) is 0.130. The second-order valence-corrected chi connectivity index (χ2v) is 7.51. The van der Waals surface area contributed by atoms with Gasteiger partial charge in [0.1, 0.15) is 0 Å². The van der Waals surface area contributed by atoms with Gasteiger partial charge >= 0.3 is 46.3 Å². The van der Waals surface area contributed by atoms with Gasteiger partial charge in [0.15, 0.2) is 0 Å². The highest BCUT2D eigenvalue weighted by Crippen LogP contribution is 2.60. The summed E-state index contributed by atoms with van der Waals surface area (Å²) in [5.74, 6) is -46.4. The zero-order valence-corrected chi connectivity index (χ0v) is 16.8. The molecule has 1 atom stereocenters. The Labute approximate surface area is 179 Å². The zero-order chi connectivity index (χ0) is 25.0. The van der Waals surface area contributed by atoms with E-state index in [-0.39, 0.29) is 0 Å². The summed E-state index contributed by atoms with van der Waals surface area (Å²) in [5, 5.41) is -12.8. The molecule has 0 radical (unpaired) electrons. The van der Waals surface area contributed by atoms with E-state index in [2.05, 4.69) is 23.2 Å². The van der Waals surface area contributed by atoms with Gasteiger partial charge < -0.3 is 0 Å². The van der Waals surface area contributed by atoms with E-state index < -0.39 is 63.1 Å². The molecule has 0 N–H and O–H groups in total. The van der Waals surface area contributed by atoms with E-state index in [4.69, 9.17) is 0 Å². The van der Waals surface area contributed by atoms with Gasteiger partial charge in [0.2, 0.25) is 0 Å². The maximum absolute atomic E-state index is 13.8.